The molecule has 114 valence electrons. The largest absolute Gasteiger partial charge is 0.393 e. The summed E-state index contributed by atoms with van der Waals surface area (Å²) in [5.74, 6) is -2.32. The van der Waals surface area contributed by atoms with Gasteiger partial charge in [-0.05, 0) is 25.0 Å². The molecular formula is C16H15NO5. The molecule has 6 nitrogen and oxygen atoms in total. The molecule has 3 aliphatic heterocycles. The summed E-state index contributed by atoms with van der Waals surface area (Å²) in [4.78, 5) is 35.8. The number of esters is 2. The standard InChI is InChI=1S/C16H15NO5/c18-13(9-4-2-1-3-5-9)17-8-16-7-6-10(22-16)11-12(16)15(20)21-14(11)19/h1-5,10-12H,6-8H2,(H,17,18)/t10-,11-,12-,16+/m1/s1. The Morgan fingerprint density at radius 1 is 1.23 bits per heavy atom. The van der Waals surface area contributed by atoms with Gasteiger partial charge < -0.3 is 14.8 Å². The van der Waals surface area contributed by atoms with Crippen LogP contribution < -0.4 is 5.32 Å². The first-order chi connectivity index (χ1) is 10.6. The molecule has 4 atom stereocenters. The number of benzene rings is 1. The van der Waals surface area contributed by atoms with Crippen molar-refractivity contribution in [2.45, 2.75) is 24.5 Å². The zero-order valence-electron chi connectivity index (χ0n) is 11.8. The number of nitrogens with one attached hydrogen (secondary N) is 1. The fourth-order valence-corrected chi connectivity index (χ4v) is 3.87. The number of cyclic esters (lactones) is 2. The van der Waals surface area contributed by atoms with Crippen molar-refractivity contribution >= 4 is 17.8 Å². The number of hydrogen-bond acceptors (Lipinski definition) is 5. The monoisotopic (exact) mass is 301 g/mol. The normalized spacial score (nSPS) is 35.4. The van der Waals surface area contributed by atoms with Crippen LogP contribution in [0.3, 0.4) is 0 Å². The highest BCUT2D eigenvalue weighted by Crippen LogP contribution is 2.54. The lowest BCUT2D eigenvalue weighted by atomic mass is 9.73. The number of fused-ring (bicyclic) bond motifs is 5. The van der Waals surface area contributed by atoms with Gasteiger partial charge in [0, 0.05) is 12.1 Å². The zero-order chi connectivity index (χ0) is 15.3. The number of carbonyl (C=O) groups is 3. The second-order valence-electron chi connectivity index (χ2n) is 6.05. The summed E-state index contributed by atoms with van der Waals surface area (Å²) in [5, 5.41) is 2.82. The minimum Gasteiger partial charge on any atom is -0.393 e. The van der Waals surface area contributed by atoms with Crippen LogP contribution in [0.1, 0.15) is 23.2 Å². The maximum atomic E-state index is 12.2. The van der Waals surface area contributed by atoms with E-state index in [-0.39, 0.29) is 18.6 Å². The van der Waals surface area contributed by atoms with E-state index < -0.39 is 29.4 Å². The molecule has 1 amide bonds. The van der Waals surface area contributed by atoms with Gasteiger partial charge in [0.25, 0.3) is 5.91 Å². The summed E-state index contributed by atoms with van der Waals surface area (Å²) in [5.41, 5.74) is -0.253. The molecule has 3 fully saturated rings. The maximum absolute atomic E-state index is 12.2. The van der Waals surface area contributed by atoms with Crippen molar-refractivity contribution < 1.29 is 23.9 Å². The van der Waals surface area contributed by atoms with Gasteiger partial charge >= 0.3 is 11.9 Å². The second-order valence-corrected chi connectivity index (χ2v) is 6.05. The van der Waals surface area contributed by atoms with Crippen LogP contribution in [0, 0.1) is 11.8 Å². The Bertz CT molecular complexity index is 658. The van der Waals surface area contributed by atoms with Crippen LogP contribution in [0.25, 0.3) is 0 Å². The first kappa shape index (κ1) is 13.5. The van der Waals surface area contributed by atoms with Crippen molar-refractivity contribution in [2.75, 3.05) is 6.54 Å². The molecule has 0 aliphatic carbocycles. The molecule has 0 unspecified atom stereocenters. The highest BCUT2D eigenvalue weighted by molar-refractivity contribution is 5.99. The van der Waals surface area contributed by atoms with Gasteiger partial charge in [0.1, 0.15) is 11.5 Å². The Morgan fingerprint density at radius 3 is 2.77 bits per heavy atom. The van der Waals surface area contributed by atoms with Crippen LogP contribution in [0.15, 0.2) is 30.3 Å². The van der Waals surface area contributed by atoms with Crippen molar-refractivity contribution in [3.05, 3.63) is 35.9 Å². The lowest BCUT2D eigenvalue weighted by Gasteiger charge is -2.29. The van der Waals surface area contributed by atoms with Crippen molar-refractivity contribution in [1.82, 2.24) is 5.32 Å². The topological polar surface area (TPSA) is 81.7 Å². The Hall–Kier alpha value is -2.21. The van der Waals surface area contributed by atoms with E-state index in [1.165, 1.54) is 0 Å². The van der Waals surface area contributed by atoms with Crippen LogP contribution in [0.2, 0.25) is 0 Å². The Morgan fingerprint density at radius 2 is 2.00 bits per heavy atom. The fraction of sp³-hybridized carbons (Fsp3) is 0.438. The average molecular weight is 301 g/mol. The van der Waals surface area contributed by atoms with E-state index in [9.17, 15) is 14.4 Å². The van der Waals surface area contributed by atoms with Gasteiger partial charge in [-0.25, -0.2) is 0 Å². The molecular weight excluding hydrogens is 286 g/mol. The third-order valence-corrected chi connectivity index (χ3v) is 4.88. The number of rotatable bonds is 3. The Kier molecular flexibility index (Phi) is 2.84. The molecule has 1 aromatic carbocycles. The maximum Gasteiger partial charge on any atom is 0.320 e. The lowest BCUT2D eigenvalue weighted by molar-refractivity contribution is -0.158. The number of hydrogen-bond donors (Lipinski definition) is 1. The van der Waals surface area contributed by atoms with E-state index in [1.807, 2.05) is 6.07 Å². The van der Waals surface area contributed by atoms with Crippen LogP contribution >= 0.6 is 0 Å². The summed E-state index contributed by atoms with van der Waals surface area (Å²) in [7, 11) is 0. The van der Waals surface area contributed by atoms with E-state index in [1.54, 1.807) is 24.3 Å². The van der Waals surface area contributed by atoms with Crippen molar-refractivity contribution in [3.63, 3.8) is 0 Å². The molecule has 0 spiro atoms. The number of ether oxygens (including phenoxy) is 2. The van der Waals surface area contributed by atoms with Gasteiger partial charge in [-0.2, -0.15) is 0 Å². The predicted molar refractivity (Wildman–Crippen MR) is 73.7 cm³/mol. The first-order valence-electron chi connectivity index (χ1n) is 7.37. The summed E-state index contributed by atoms with van der Waals surface area (Å²) in [6, 6.07) is 8.84. The van der Waals surface area contributed by atoms with Gasteiger partial charge in [-0.15, -0.1) is 0 Å². The fourth-order valence-electron chi connectivity index (χ4n) is 3.87. The quantitative estimate of drug-likeness (QED) is 0.655. The molecule has 2 bridgehead atoms. The lowest BCUT2D eigenvalue weighted by Crippen LogP contribution is -2.49. The SMILES string of the molecule is O=C(NC[C@]12CC[C@@H](O1)[C@H]1C(=O)OC(=O)[C@@H]12)c1ccccc1. The summed E-state index contributed by atoms with van der Waals surface area (Å²) in [6.07, 6.45) is 1.10. The van der Waals surface area contributed by atoms with Gasteiger partial charge in [0.05, 0.1) is 12.0 Å². The van der Waals surface area contributed by atoms with Crippen LogP contribution in [0.4, 0.5) is 0 Å². The molecule has 22 heavy (non-hydrogen) atoms. The van der Waals surface area contributed by atoms with Gasteiger partial charge in [0.2, 0.25) is 0 Å². The Labute approximate surface area is 126 Å². The number of carbonyl (C=O) groups excluding carboxylic acids is 3. The number of amides is 1. The van der Waals surface area contributed by atoms with Gasteiger partial charge in [-0.3, -0.25) is 14.4 Å². The zero-order valence-corrected chi connectivity index (χ0v) is 11.8. The van der Waals surface area contributed by atoms with Gasteiger partial charge in [0.15, 0.2) is 0 Å². The predicted octanol–water partition coefficient (Wildman–Crippen LogP) is 0.664. The van der Waals surface area contributed by atoms with E-state index in [0.717, 1.165) is 0 Å². The van der Waals surface area contributed by atoms with Crippen molar-refractivity contribution in [2.24, 2.45) is 11.8 Å². The molecule has 3 saturated heterocycles. The second kappa shape index (κ2) is 4.64. The first-order valence-corrected chi connectivity index (χ1v) is 7.37. The van der Waals surface area contributed by atoms with Crippen LogP contribution in [0.5, 0.6) is 0 Å². The highest BCUT2D eigenvalue weighted by atomic mass is 16.6. The smallest absolute Gasteiger partial charge is 0.320 e. The summed E-state index contributed by atoms with van der Waals surface area (Å²) >= 11 is 0. The van der Waals surface area contributed by atoms with Crippen LogP contribution in [-0.2, 0) is 19.1 Å². The molecule has 1 N–H and O–H groups in total. The third kappa shape index (κ3) is 1.80. The third-order valence-electron chi connectivity index (χ3n) is 4.88. The van der Waals surface area contributed by atoms with E-state index in [0.29, 0.717) is 18.4 Å². The molecule has 4 rings (SSSR count). The van der Waals surface area contributed by atoms with E-state index in [2.05, 4.69) is 5.32 Å². The van der Waals surface area contributed by atoms with E-state index in [4.69, 9.17) is 9.47 Å². The summed E-state index contributed by atoms with van der Waals surface area (Å²) < 4.78 is 10.7. The summed E-state index contributed by atoms with van der Waals surface area (Å²) in [6.45, 7) is 0.209. The average Bonchev–Trinajstić information content (AvgIpc) is 3.18. The van der Waals surface area contributed by atoms with Crippen molar-refractivity contribution in [1.29, 1.82) is 0 Å². The van der Waals surface area contributed by atoms with Crippen LogP contribution in [-0.4, -0.2) is 36.1 Å². The Balaban J connectivity index is 1.52. The van der Waals surface area contributed by atoms with Crippen molar-refractivity contribution in [3.8, 4) is 0 Å². The molecule has 0 aromatic heterocycles. The molecule has 6 heteroatoms. The molecule has 0 saturated carbocycles. The van der Waals surface area contributed by atoms with E-state index >= 15 is 0 Å². The molecule has 1 aromatic rings. The highest BCUT2D eigenvalue weighted by Gasteiger charge is 2.68. The molecule has 3 aliphatic rings. The minimum atomic E-state index is -0.803. The minimum absolute atomic E-state index is 0.209. The molecule has 0 radical (unpaired) electrons. The molecule has 3 heterocycles. The van der Waals surface area contributed by atoms with Gasteiger partial charge in [-0.1, -0.05) is 18.2 Å².